The van der Waals surface area contributed by atoms with Crippen molar-refractivity contribution in [3.8, 4) is 17.0 Å². The van der Waals surface area contributed by atoms with Crippen LogP contribution >= 0.6 is 0 Å². The molecule has 2 aromatic heterocycles. The van der Waals surface area contributed by atoms with Gasteiger partial charge in [-0.3, -0.25) is 4.79 Å². The van der Waals surface area contributed by atoms with Gasteiger partial charge in [0.25, 0.3) is 0 Å². The number of hydrogen-bond acceptors (Lipinski definition) is 4. The van der Waals surface area contributed by atoms with Crippen molar-refractivity contribution in [3.63, 3.8) is 0 Å². The van der Waals surface area contributed by atoms with Gasteiger partial charge in [0.1, 0.15) is 11.5 Å². The molecule has 0 saturated heterocycles. The van der Waals surface area contributed by atoms with Crippen molar-refractivity contribution >= 4 is 11.4 Å². The van der Waals surface area contributed by atoms with E-state index < -0.39 is 0 Å². The lowest BCUT2D eigenvalue weighted by Crippen LogP contribution is -2.23. The molecule has 1 aliphatic carbocycles. The fraction of sp³-hybridized carbons (Fsp3) is 0.316. The first kappa shape index (κ1) is 14.9. The number of methoxy groups -OCH3 is 1. The van der Waals surface area contributed by atoms with Crippen molar-refractivity contribution in [2.45, 2.75) is 25.7 Å². The highest BCUT2D eigenvalue weighted by Gasteiger charge is 2.26. The van der Waals surface area contributed by atoms with Gasteiger partial charge in [0.15, 0.2) is 11.5 Å². The molecule has 0 amide bonds. The van der Waals surface area contributed by atoms with Crippen molar-refractivity contribution in [1.82, 2.24) is 14.6 Å². The fourth-order valence-corrected chi connectivity index (χ4v) is 3.04. The van der Waals surface area contributed by atoms with Gasteiger partial charge in [-0.25, -0.2) is 9.50 Å². The number of rotatable bonds is 5. The van der Waals surface area contributed by atoms with Gasteiger partial charge < -0.3 is 4.74 Å². The van der Waals surface area contributed by atoms with Gasteiger partial charge in [-0.15, -0.1) is 0 Å². The summed E-state index contributed by atoms with van der Waals surface area (Å²) in [5.41, 5.74) is 2.74. The number of hydrogen-bond donors (Lipinski definition) is 0. The monoisotopic (exact) mass is 321 g/mol. The molecular formula is C19H19N3O2. The fourth-order valence-electron chi connectivity index (χ4n) is 3.04. The minimum absolute atomic E-state index is 0.220. The summed E-state index contributed by atoms with van der Waals surface area (Å²) in [6.07, 6.45) is 3.53. The minimum atomic E-state index is 0.220. The Bertz CT molecular complexity index is 879. The molecule has 1 aliphatic rings. The zero-order chi connectivity index (χ0) is 16.5. The maximum absolute atomic E-state index is 12.2. The van der Waals surface area contributed by atoms with Crippen molar-refractivity contribution in [2.24, 2.45) is 5.92 Å². The lowest BCUT2D eigenvalue weighted by Gasteiger charge is -2.22. The minimum Gasteiger partial charge on any atom is -0.497 e. The van der Waals surface area contributed by atoms with Crippen LogP contribution in [0.25, 0.3) is 16.9 Å². The molecule has 0 aliphatic heterocycles. The summed E-state index contributed by atoms with van der Waals surface area (Å²) in [5, 5.41) is 4.57. The van der Waals surface area contributed by atoms with Gasteiger partial charge in [-0.05, 0) is 49.2 Å². The van der Waals surface area contributed by atoms with Crippen LogP contribution < -0.4 is 4.74 Å². The van der Waals surface area contributed by atoms with Crippen LogP contribution in [0.2, 0.25) is 0 Å². The second kappa shape index (κ2) is 6.07. The predicted molar refractivity (Wildman–Crippen MR) is 91.0 cm³/mol. The molecule has 0 N–H and O–H groups in total. The molecule has 24 heavy (non-hydrogen) atoms. The molecule has 0 unspecified atom stereocenters. The molecule has 2 heterocycles. The van der Waals surface area contributed by atoms with Crippen LogP contribution in [0.15, 0.2) is 42.5 Å². The topological polar surface area (TPSA) is 56.5 Å². The Morgan fingerprint density at radius 3 is 2.67 bits per heavy atom. The number of pyridine rings is 1. The highest BCUT2D eigenvalue weighted by Crippen LogP contribution is 2.28. The number of ketones is 1. The third-order valence-electron chi connectivity index (χ3n) is 4.68. The number of ether oxygens (including phenoxy) is 1. The van der Waals surface area contributed by atoms with Gasteiger partial charge in [0.2, 0.25) is 0 Å². The normalized spacial score (nSPS) is 14.5. The summed E-state index contributed by atoms with van der Waals surface area (Å²) < 4.78 is 7.02. The largest absolute Gasteiger partial charge is 0.497 e. The van der Waals surface area contributed by atoms with E-state index in [4.69, 9.17) is 4.74 Å². The standard InChI is InChI=1S/C19H19N3O2/c1-24-15-10-8-13(9-11-15)16-6-3-7-19-20-18(21-22(16)19)12-17(23)14-4-2-5-14/h3,6-11,14H,2,4-5,12H2,1H3. The van der Waals surface area contributed by atoms with Gasteiger partial charge >= 0.3 is 0 Å². The van der Waals surface area contributed by atoms with E-state index in [1.54, 1.807) is 7.11 Å². The van der Waals surface area contributed by atoms with Crippen LogP contribution in [0.1, 0.15) is 25.1 Å². The molecule has 0 radical (unpaired) electrons. The molecule has 0 spiro atoms. The molecule has 1 fully saturated rings. The molecule has 1 saturated carbocycles. The molecule has 0 atom stereocenters. The SMILES string of the molecule is COc1ccc(-c2cccc3nc(CC(=O)C4CCC4)nn23)cc1. The Labute approximate surface area is 140 Å². The number of aromatic nitrogens is 3. The maximum atomic E-state index is 12.2. The maximum Gasteiger partial charge on any atom is 0.159 e. The molecule has 0 bridgehead atoms. The van der Waals surface area contributed by atoms with E-state index in [0.29, 0.717) is 12.2 Å². The van der Waals surface area contributed by atoms with Crippen LogP contribution in [-0.2, 0) is 11.2 Å². The highest BCUT2D eigenvalue weighted by atomic mass is 16.5. The van der Waals surface area contributed by atoms with Gasteiger partial charge in [0.05, 0.1) is 19.2 Å². The smallest absolute Gasteiger partial charge is 0.159 e. The molecule has 5 heteroatoms. The summed E-state index contributed by atoms with van der Waals surface area (Å²) in [7, 11) is 1.65. The van der Waals surface area contributed by atoms with Gasteiger partial charge in [0, 0.05) is 11.5 Å². The van der Waals surface area contributed by atoms with Gasteiger partial charge in [-0.1, -0.05) is 12.5 Å². The van der Waals surface area contributed by atoms with E-state index in [1.807, 2.05) is 47.0 Å². The van der Waals surface area contributed by atoms with Crippen LogP contribution in [0.4, 0.5) is 0 Å². The second-order valence-electron chi connectivity index (χ2n) is 6.21. The number of nitrogens with zero attached hydrogens (tertiary/aromatic N) is 3. The van der Waals surface area contributed by atoms with Crippen molar-refractivity contribution in [3.05, 3.63) is 48.3 Å². The van der Waals surface area contributed by atoms with Crippen LogP contribution in [0.3, 0.4) is 0 Å². The lowest BCUT2D eigenvalue weighted by atomic mass is 9.81. The van der Waals surface area contributed by atoms with E-state index in [9.17, 15) is 4.79 Å². The van der Waals surface area contributed by atoms with Crippen LogP contribution in [0, 0.1) is 5.92 Å². The Balaban J connectivity index is 1.67. The molecule has 1 aromatic carbocycles. The zero-order valence-corrected chi connectivity index (χ0v) is 13.6. The highest BCUT2D eigenvalue weighted by molar-refractivity contribution is 5.83. The summed E-state index contributed by atoms with van der Waals surface area (Å²) in [6, 6.07) is 13.7. The molecule has 4 rings (SSSR count). The second-order valence-corrected chi connectivity index (χ2v) is 6.21. The van der Waals surface area contributed by atoms with E-state index in [1.165, 1.54) is 0 Å². The van der Waals surface area contributed by atoms with Crippen LogP contribution in [0.5, 0.6) is 5.75 Å². The average molecular weight is 321 g/mol. The molecular weight excluding hydrogens is 302 g/mol. The Hall–Kier alpha value is -2.69. The van der Waals surface area contributed by atoms with E-state index in [0.717, 1.165) is 41.9 Å². The Morgan fingerprint density at radius 1 is 1.21 bits per heavy atom. The summed E-state index contributed by atoms with van der Waals surface area (Å²) >= 11 is 0. The molecule has 3 aromatic rings. The average Bonchev–Trinajstić information content (AvgIpc) is 2.95. The third-order valence-corrected chi connectivity index (χ3v) is 4.68. The number of benzene rings is 1. The lowest BCUT2D eigenvalue weighted by molar-refractivity contribution is -0.124. The first-order chi connectivity index (χ1) is 11.7. The summed E-state index contributed by atoms with van der Waals surface area (Å²) in [6.45, 7) is 0. The van der Waals surface area contributed by atoms with Crippen molar-refractivity contribution in [1.29, 1.82) is 0 Å². The summed E-state index contributed by atoms with van der Waals surface area (Å²) in [5.74, 6) is 1.91. The molecule has 5 nitrogen and oxygen atoms in total. The van der Waals surface area contributed by atoms with E-state index in [-0.39, 0.29) is 11.7 Å². The van der Waals surface area contributed by atoms with Crippen molar-refractivity contribution < 1.29 is 9.53 Å². The first-order valence-electron chi connectivity index (χ1n) is 8.26. The number of Topliss-reactive ketones (excluding diaryl/α,β-unsaturated/α-hetero) is 1. The summed E-state index contributed by atoms with van der Waals surface area (Å²) in [4.78, 5) is 16.7. The quantitative estimate of drug-likeness (QED) is 0.723. The predicted octanol–water partition coefficient (Wildman–Crippen LogP) is 3.32. The number of fused-ring (bicyclic) bond motifs is 1. The zero-order valence-electron chi connectivity index (χ0n) is 13.6. The van der Waals surface area contributed by atoms with Crippen molar-refractivity contribution in [2.75, 3.05) is 7.11 Å². The van der Waals surface area contributed by atoms with E-state index >= 15 is 0 Å². The van der Waals surface area contributed by atoms with Gasteiger partial charge in [-0.2, -0.15) is 5.10 Å². The third kappa shape index (κ3) is 2.66. The Kier molecular flexibility index (Phi) is 3.76. The molecule has 122 valence electrons. The first-order valence-corrected chi connectivity index (χ1v) is 8.26. The number of carbonyl (C=O) groups excluding carboxylic acids is 1. The van der Waals surface area contributed by atoms with E-state index in [2.05, 4.69) is 10.1 Å². The van der Waals surface area contributed by atoms with Crippen LogP contribution in [-0.4, -0.2) is 27.5 Å². The number of carbonyl (C=O) groups is 1. The Morgan fingerprint density at radius 2 is 2.00 bits per heavy atom.